The van der Waals surface area contributed by atoms with Gasteiger partial charge >= 0.3 is 6.03 Å². The Balaban J connectivity index is 1.75. The van der Waals surface area contributed by atoms with E-state index in [0.29, 0.717) is 12.3 Å². The molecule has 1 aliphatic heterocycles. The number of urea groups is 1. The number of imide groups is 1. The highest BCUT2D eigenvalue weighted by Gasteiger charge is 2.72. The maximum absolute atomic E-state index is 13.0. The molecule has 0 bridgehead atoms. The number of carbonyl (C=O) groups is 2. The molecule has 8 heteroatoms. The summed E-state index contributed by atoms with van der Waals surface area (Å²) in [4.78, 5) is 26.2. The molecule has 0 aromatic heterocycles. The van der Waals surface area contributed by atoms with E-state index in [0.717, 1.165) is 21.6 Å². The third-order valence-electron chi connectivity index (χ3n) is 7.16. The number of rotatable bonds is 9. The standard InChI is InChI=1S/C25H39N3O4S/c1-15(2)18-11-19(16(3)4)21(20(12-18)17(5)6)13-33(31,32)26-9-10-28-22(29)25(27-23(28)30)14-24(25,7)8/h11-12,15-17,26H,9-10,13-14H2,1-8H3,(H,27,30). The summed E-state index contributed by atoms with van der Waals surface area (Å²) in [6, 6.07) is 3.82. The summed E-state index contributed by atoms with van der Waals surface area (Å²) in [5, 5.41) is 2.80. The van der Waals surface area contributed by atoms with Crippen molar-refractivity contribution in [1.29, 1.82) is 0 Å². The molecular formula is C25H39N3O4S. The van der Waals surface area contributed by atoms with Gasteiger partial charge in [-0.3, -0.25) is 9.69 Å². The zero-order chi connectivity index (χ0) is 24.9. The molecule has 1 atom stereocenters. The second-order valence-corrected chi connectivity index (χ2v) is 13.0. The third kappa shape index (κ3) is 4.83. The van der Waals surface area contributed by atoms with Crippen LogP contribution in [-0.4, -0.2) is 43.9 Å². The van der Waals surface area contributed by atoms with E-state index in [-0.39, 0.29) is 42.0 Å². The van der Waals surface area contributed by atoms with Crippen LogP contribution in [-0.2, 0) is 20.6 Å². The predicted molar refractivity (Wildman–Crippen MR) is 131 cm³/mol. The third-order valence-corrected chi connectivity index (χ3v) is 8.47. The molecule has 2 fully saturated rings. The molecule has 0 radical (unpaired) electrons. The maximum Gasteiger partial charge on any atom is 0.325 e. The van der Waals surface area contributed by atoms with Gasteiger partial charge in [0, 0.05) is 13.1 Å². The van der Waals surface area contributed by atoms with Crippen molar-refractivity contribution < 1.29 is 18.0 Å². The van der Waals surface area contributed by atoms with Crippen molar-refractivity contribution >= 4 is 22.0 Å². The van der Waals surface area contributed by atoms with Crippen molar-refractivity contribution in [2.75, 3.05) is 13.1 Å². The molecule has 184 valence electrons. The lowest BCUT2D eigenvalue weighted by Crippen LogP contribution is -2.40. The highest BCUT2D eigenvalue weighted by Crippen LogP contribution is 2.58. The van der Waals surface area contributed by atoms with Gasteiger partial charge in [0.05, 0.1) is 5.75 Å². The Morgan fingerprint density at radius 1 is 1.00 bits per heavy atom. The first-order valence-corrected chi connectivity index (χ1v) is 13.5. The molecule has 2 N–H and O–H groups in total. The first kappa shape index (κ1) is 25.7. The average molecular weight is 478 g/mol. The van der Waals surface area contributed by atoms with Gasteiger partial charge in [-0.25, -0.2) is 17.9 Å². The second kappa shape index (κ2) is 8.69. The first-order valence-electron chi connectivity index (χ1n) is 11.9. The van der Waals surface area contributed by atoms with Crippen LogP contribution in [0.15, 0.2) is 12.1 Å². The van der Waals surface area contributed by atoms with Crippen molar-refractivity contribution in [2.45, 2.75) is 90.9 Å². The molecule has 1 saturated heterocycles. The SMILES string of the molecule is CC(C)c1cc(C(C)C)c(CS(=O)(=O)NCCN2C(=O)NC3(CC3(C)C)C2=O)c(C(C)C)c1. The number of nitrogens with zero attached hydrogens (tertiary/aromatic N) is 1. The topological polar surface area (TPSA) is 95.6 Å². The van der Waals surface area contributed by atoms with Crippen LogP contribution in [0.5, 0.6) is 0 Å². The minimum atomic E-state index is -3.66. The van der Waals surface area contributed by atoms with Gasteiger partial charge in [0.2, 0.25) is 10.0 Å². The van der Waals surface area contributed by atoms with E-state index in [1.54, 1.807) is 0 Å². The average Bonchev–Trinajstić information content (AvgIpc) is 3.15. The maximum atomic E-state index is 13.0. The fourth-order valence-corrected chi connectivity index (χ4v) is 6.07. The normalized spacial score (nSPS) is 22.2. The fourth-order valence-electron chi connectivity index (χ4n) is 4.85. The molecule has 33 heavy (non-hydrogen) atoms. The lowest BCUT2D eigenvalue weighted by molar-refractivity contribution is -0.129. The smallest absolute Gasteiger partial charge is 0.323 e. The van der Waals surface area contributed by atoms with Crippen molar-refractivity contribution in [3.63, 3.8) is 0 Å². The van der Waals surface area contributed by atoms with Crippen LogP contribution in [0.3, 0.4) is 0 Å². The van der Waals surface area contributed by atoms with E-state index in [4.69, 9.17) is 0 Å². The van der Waals surface area contributed by atoms with Gasteiger partial charge < -0.3 is 5.32 Å². The van der Waals surface area contributed by atoms with Gasteiger partial charge in [-0.1, -0.05) is 67.5 Å². The molecule has 1 saturated carbocycles. The van der Waals surface area contributed by atoms with Crippen molar-refractivity contribution in [3.8, 4) is 0 Å². The minimum Gasteiger partial charge on any atom is -0.323 e. The van der Waals surface area contributed by atoms with Gasteiger partial charge in [0.15, 0.2) is 0 Å². The molecule has 2 aliphatic rings. The summed E-state index contributed by atoms with van der Waals surface area (Å²) in [6.07, 6.45) is 0.606. The predicted octanol–water partition coefficient (Wildman–Crippen LogP) is 4.20. The number of benzene rings is 1. The fraction of sp³-hybridized carbons (Fsp3) is 0.680. The van der Waals surface area contributed by atoms with E-state index >= 15 is 0 Å². The quantitative estimate of drug-likeness (QED) is 0.521. The van der Waals surface area contributed by atoms with Gasteiger partial charge in [-0.05, 0) is 51.8 Å². The lowest BCUT2D eigenvalue weighted by atomic mass is 9.85. The van der Waals surface area contributed by atoms with Gasteiger partial charge in [0.1, 0.15) is 5.54 Å². The van der Waals surface area contributed by atoms with Crippen LogP contribution in [0.4, 0.5) is 4.79 Å². The number of nitrogens with one attached hydrogen (secondary N) is 2. The number of carbonyl (C=O) groups excluding carboxylic acids is 2. The van der Waals surface area contributed by atoms with Crippen molar-refractivity contribution in [2.24, 2.45) is 5.41 Å². The number of hydrogen-bond donors (Lipinski definition) is 2. The van der Waals surface area contributed by atoms with E-state index in [9.17, 15) is 18.0 Å². The Morgan fingerprint density at radius 3 is 1.91 bits per heavy atom. The highest BCUT2D eigenvalue weighted by molar-refractivity contribution is 7.88. The van der Waals surface area contributed by atoms with Crippen LogP contribution in [0.25, 0.3) is 0 Å². The zero-order valence-electron chi connectivity index (χ0n) is 21.2. The summed E-state index contributed by atoms with van der Waals surface area (Å²) >= 11 is 0. The van der Waals surface area contributed by atoms with Gasteiger partial charge in [0.25, 0.3) is 5.91 Å². The molecule has 7 nitrogen and oxygen atoms in total. The summed E-state index contributed by atoms with van der Waals surface area (Å²) in [7, 11) is -3.66. The van der Waals surface area contributed by atoms with Gasteiger partial charge in [-0.2, -0.15) is 0 Å². The van der Waals surface area contributed by atoms with E-state index < -0.39 is 21.6 Å². The van der Waals surface area contributed by atoms with Gasteiger partial charge in [-0.15, -0.1) is 0 Å². The van der Waals surface area contributed by atoms with Crippen molar-refractivity contribution in [1.82, 2.24) is 14.9 Å². The molecule has 1 aliphatic carbocycles. The van der Waals surface area contributed by atoms with Crippen LogP contribution in [0.1, 0.15) is 102 Å². The summed E-state index contributed by atoms with van der Waals surface area (Å²) in [5.41, 5.74) is 3.10. The van der Waals surface area contributed by atoms with Crippen LogP contribution in [0.2, 0.25) is 0 Å². The Labute approximate surface area is 198 Å². The Bertz CT molecular complexity index is 1030. The Morgan fingerprint density at radius 2 is 1.52 bits per heavy atom. The highest BCUT2D eigenvalue weighted by atomic mass is 32.2. The summed E-state index contributed by atoms with van der Waals surface area (Å²) < 4.78 is 28.7. The monoisotopic (exact) mass is 477 g/mol. The van der Waals surface area contributed by atoms with E-state index in [1.807, 2.05) is 13.8 Å². The zero-order valence-corrected chi connectivity index (χ0v) is 22.0. The molecule has 3 rings (SSSR count). The van der Waals surface area contributed by atoms with Crippen LogP contribution < -0.4 is 10.0 Å². The molecule has 1 unspecified atom stereocenters. The first-order chi connectivity index (χ1) is 15.1. The Hall–Kier alpha value is -1.93. The van der Waals surface area contributed by atoms with E-state index in [1.165, 1.54) is 5.56 Å². The molecular weight excluding hydrogens is 438 g/mol. The molecule has 1 spiro atoms. The van der Waals surface area contributed by atoms with Crippen LogP contribution in [0, 0.1) is 5.41 Å². The molecule has 3 amide bonds. The minimum absolute atomic E-state index is 0.00387. The largest absolute Gasteiger partial charge is 0.325 e. The molecule has 1 aromatic rings. The summed E-state index contributed by atoms with van der Waals surface area (Å²) in [5.74, 6) is 0.354. The lowest BCUT2D eigenvalue weighted by Gasteiger charge is -2.23. The number of sulfonamides is 1. The van der Waals surface area contributed by atoms with Crippen LogP contribution >= 0.6 is 0 Å². The Kier molecular flexibility index (Phi) is 6.77. The second-order valence-electron chi connectivity index (χ2n) is 11.1. The van der Waals surface area contributed by atoms with E-state index in [2.05, 4.69) is 63.7 Å². The van der Waals surface area contributed by atoms with Crippen molar-refractivity contribution in [3.05, 3.63) is 34.4 Å². The summed E-state index contributed by atoms with van der Waals surface area (Å²) in [6.45, 7) is 16.5. The number of amides is 3. The molecule has 1 heterocycles. The number of hydrogen-bond acceptors (Lipinski definition) is 4. The molecule has 1 aromatic carbocycles.